The topological polar surface area (TPSA) is 39.7 Å². The van der Waals surface area contributed by atoms with Crippen LogP contribution in [0, 0.1) is 5.92 Å². The highest BCUT2D eigenvalue weighted by Gasteiger charge is 2.69. The fourth-order valence-electron chi connectivity index (χ4n) is 3.90. The van der Waals surface area contributed by atoms with Gasteiger partial charge in [0.2, 0.25) is 0 Å². The fourth-order valence-corrected chi connectivity index (χ4v) is 3.90. The second-order valence-electron chi connectivity index (χ2n) is 5.40. The van der Waals surface area contributed by atoms with Gasteiger partial charge in [-0.15, -0.1) is 0 Å². The summed E-state index contributed by atoms with van der Waals surface area (Å²) < 4.78 is 16.9. The monoisotopic (exact) mass is 263 g/mol. The van der Waals surface area contributed by atoms with Gasteiger partial charge in [0, 0.05) is 27.2 Å². The molecule has 1 saturated carbocycles. The zero-order chi connectivity index (χ0) is 13.5. The Morgan fingerprint density at radius 1 is 1.21 bits per heavy atom. The van der Waals surface area contributed by atoms with Crippen molar-refractivity contribution < 1.29 is 14.2 Å². The summed E-state index contributed by atoms with van der Waals surface area (Å²) in [6, 6.07) is 8.25. The van der Waals surface area contributed by atoms with Crippen LogP contribution in [0.5, 0.6) is 5.75 Å². The van der Waals surface area contributed by atoms with Crippen LogP contribution in [0.4, 0.5) is 0 Å². The summed E-state index contributed by atoms with van der Waals surface area (Å²) in [7, 11) is 5.17. The van der Waals surface area contributed by atoms with E-state index in [4.69, 9.17) is 14.2 Å². The zero-order valence-corrected chi connectivity index (χ0v) is 11.7. The van der Waals surface area contributed by atoms with Gasteiger partial charge >= 0.3 is 0 Å². The Labute approximate surface area is 114 Å². The molecule has 0 aromatic heterocycles. The number of methoxy groups -OCH3 is 3. The fraction of sp³-hybridized carbons (Fsp3) is 0.600. The highest BCUT2D eigenvalue weighted by molar-refractivity contribution is 5.42. The highest BCUT2D eigenvalue weighted by atomic mass is 16.7. The lowest BCUT2D eigenvalue weighted by Crippen LogP contribution is -2.68. The van der Waals surface area contributed by atoms with Crippen LogP contribution in [0.25, 0.3) is 0 Å². The molecule has 2 atom stereocenters. The SMILES string of the molecule is COc1cccc([C@]23CNC[C@@H]2CC3(OC)OC)c1. The van der Waals surface area contributed by atoms with Crippen molar-refractivity contribution in [2.45, 2.75) is 17.6 Å². The summed E-state index contributed by atoms with van der Waals surface area (Å²) in [5, 5.41) is 3.48. The first-order valence-corrected chi connectivity index (χ1v) is 6.68. The Hall–Kier alpha value is -1.10. The summed E-state index contributed by atoms with van der Waals surface area (Å²) in [4.78, 5) is 0. The third-order valence-corrected chi connectivity index (χ3v) is 4.93. The lowest BCUT2D eigenvalue weighted by molar-refractivity contribution is -0.314. The quantitative estimate of drug-likeness (QED) is 0.837. The van der Waals surface area contributed by atoms with Crippen LogP contribution < -0.4 is 10.1 Å². The van der Waals surface area contributed by atoms with Gasteiger partial charge < -0.3 is 19.5 Å². The first-order chi connectivity index (χ1) is 9.22. The molecule has 0 spiro atoms. The molecule has 1 saturated heterocycles. The van der Waals surface area contributed by atoms with Gasteiger partial charge in [-0.2, -0.15) is 0 Å². The van der Waals surface area contributed by atoms with E-state index in [0.29, 0.717) is 5.92 Å². The van der Waals surface area contributed by atoms with Crippen molar-refractivity contribution >= 4 is 0 Å². The van der Waals surface area contributed by atoms with Crippen molar-refractivity contribution in [2.24, 2.45) is 5.92 Å². The van der Waals surface area contributed by atoms with Gasteiger partial charge in [0.15, 0.2) is 5.79 Å². The lowest BCUT2D eigenvalue weighted by Gasteiger charge is -2.59. The zero-order valence-electron chi connectivity index (χ0n) is 11.7. The number of fused-ring (bicyclic) bond motifs is 1. The molecule has 0 bridgehead atoms. The Bertz CT molecular complexity index is 472. The van der Waals surface area contributed by atoms with E-state index in [-0.39, 0.29) is 5.41 Å². The average Bonchev–Trinajstić information content (AvgIpc) is 2.80. The van der Waals surface area contributed by atoms with E-state index in [1.807, 2.05) is 12.1 Å². The minimum Gasteiger partial charge on any atom is -0.497 e. The Kier molecular flexibility index (Phi) is 3.04. The third-order valence-electron chi connectivity index (χ3n) is 4.93. The molecule has 2 fully saturated rings. The number of nitrogens with one attached hydrogen (secondary N) is 1. The maximum Gasteiger partial charge on any atom is 0.179 e. The maximum atomic E-state index is 5.77. The van der Waals surface area contributed by atoms with E-state index < -0.39 is 5.79 Å². The first kappa shape index (κ1) is 12.9. The van der Waals surface area contributed by atoms with E-state index in [1.165, 1.54) is 5.56 Å². The predicted octanol–water partition coefficient (Wildman–Crippen LogP) is 1.55. The summed E-state index contributed by atoms with van der Waals surface area (Å²) in [6.45, 7) is 1.90. The number of hydrogen-bond acceptors (Lipinski definition) is 4. The Morgan fingerprint density at radius 3 is 2.63 bits per heavy atom. The van der Waals surface area contributed by atoms with Gasteiger partial charge in [-0.25, -0.2) is 0 Å². The van der Waals surface area contributed by atoms with Gasteiger partial charge in [-0.1, -0.05) is 12.1 Å². The van der Waals surface area contributed by atoms with Gasteiger partial charge in [0.05, 0.1) is 12.5 Å². The molecule has 1 aromatic rings. The summed E-state index contributed by atoms with van der Waals surface area (Å²) in [5.41, 5.74) is 1.13. The van der Waals surface area contributed by atoms with E-state index in [0.717, 1.165) is 25.3 Å². The van der Waals surface area contributed by atoms with Crippen molar-refractivity contribution in [3.8, 4) is 5.75 Å². The molecule has 0 radical (unpaired) electrons. The van der Waals surface area contributed by atoms with Gasteiger partial charge in [-0.05, 0) is 30.2 Å². The van der Waals surface area contributed by atoms with Crippen LogP contribution >= 0.6 is 0 Å². The second-order valence-corrected chi connectivity index (χ2v) is 5.40. The van der Waals surface area contributed by atoms with Crippen molar-refractivity contribution in [3.63, 3.8) is 0 Å². The van der Waals surface area contributed by atoms with E-state index in [9.17, 15) is 0 Å². The Balaban J connectivity index is 2.07. The average molecular weight is 263 g/mol. The van der Waals surface area contributed by atoms with Crippen LogP contribution in [0.2, 0.25) is 0 Å². The predicted molar refractivity (Wildman–Crippen MR) is 72.4 cm³/mol. The van der Waals surface area contributed by atoms with Gasteiger partial charge in [-0.3, -0.25) is 0 Å². The molecule has 0 amide bonds. The first-order valence-electron chi connectivity index (χ1n) is 6.68. The number of benzene rings is 1. The molecule has 0 unspecified atom stereocenters. The molecule has 1 heterocycles. The van der Waals surface area contributed by atoms with E-state index >= 15 is 0 Å². The van der Waals surface area contributed by atoms with E-state index in [1.54, 1.807) is 21.3 Å². The normalized spacial score (nSPS) is 31.6. The smallest absolute Gasteiger partial charge is 0.179 e. The molecule has 2 aliphatic rings. The number of ether oxygens (including phenoxy) is 3. The summed E-state index contributed by atoms with van der Waals surface area (Å²) in [5.74, 6) is 0.915. The molecular formula is C15H21NO3. The van der Waals surface area contributed by atoms with Crippen molar-refractivity contribution in [1.82, 2.24) is 5.32 Å². The molecule has 1 aliphatic heterocycles. The maximum absolute atomic E-state index is 5.77. The molecule has 1 aromatic carbocycles. The minimum absolute atomic E-state index is 0.106. The molecule has 4 nitrogen and oxygen atoms in total. The molecule has 1 aliphatic carbocycles. The van der Waals surface area contributed by atoms with Crippen LogP contribution in [0.1, 0.15) is 12.0 Å². The highest BCUT2D eigenvalue weighted by Crippen LogP contribution is 2.60. The summed E-state index contributed by atoms with van der Waals surface area (Å²) >= 11 is 0. The van der Waals surface area contributed by atoms with E-state index in [2.05, 4.69) is 17.4 Å². The van der Waals surface area contributed by atoms with Crippen LogP contribution in [-0.2, 0) is 14.9 Å². The Morgan fingerprint density at radius 2 is 2.00 bits per heavy atom. The molecular weight excluding hydrogens is 242 g/mol. The second kappa shape index (κ2) is 4.47. The molecule has 1 N–H and O–H groups in total. The molecule has 3 rings (SSSR count). The van der Waals surface area contributed by atoms with Crippen LogP contribution in [0.3, 0.4) is 0 Å². The molecule has 19 heavy (non-hydrogen) atoms. The van der Waals surface area contributed by atoms with Gasteiger partial charge in [0.25, 0.3) is 0 Å². The minimum atomic E-state index is -0.520. The van der Waals surface area contributed by atoms with Crippen molar-refractivity contribution in [3.05, 3.63) is 29.8 Å². The molecule has 104 valence electrons. The number of rotatable bonds is 4. The van der Waals surface area contributed by atoms with Gasteiger partial charge in [0.1, 0.15) is 5.75 Å². The largest absolute Gasteiger partial charge is 0.497 e. The summed E-state index contributed by atoms with van der Waals surface area (Å²) in [6.07, 6.45) is 0.935. The number of hydrogen-bond donors (Lipinski definition) is 1. The van der Waals surface area contributed by atoms with Crippen LogP contribution in [-0.4, -0.2) is 40.2 Å². The van der Waals surface area contributed by atoms with Crippen molar-refractivity contribution in [1.29, 1.82) is 0 Å². The molecule has 4 heteroatoms. The standard InChI is InChI=1S/C15H21NO3/c1-17-13-6-4-5-11(7-13)14-10-16-9-12(14)8-15(14,18-2)19-3/h4-7,12,16H,8-10H2,1-3H3/t12-,14+/m0/s1. The van der Waals surface area contributed by atoms with Crippen molar-refractivity contribution in [2.75, 3.05) is 34.4 Å². The lowest BCUT2D eigenvalue weighted by atomic mass is 9.53. The third kappa shape index (κ3) is 1.51. The van der Waals surface area contributed by atoms with Crippen LogP contribution in [0.15, 0.2) is 24.3 Å².